The molecule has 0 fully saturated rings. The fourth-order valence-electron chi connectivity index (χ4n) is 1.54. The average molecular weight is 204 g/mol. The van der Waals surface area contributed by atoms with Crippen LogP contribution >= 0.6 is 0 Å². The van der Waals surface area contributed by atoms with Gasteiger partial charge in [0.25, 0.3) is 0 Å². The topological polar surface area (TPSA) is 50.7 Å². The molecule has 1 aromatic rings. The minimum absolute atomic E-state index is 0.116. The van der Waals surface area contributed by atoms with Crippen LogP contribution in [0.5, 0.6) is 5.75 Å². The first-order chi connectivity index (χ1) is 7.18. The molecule has 0 saturated carbocycles. The number of amides is 1. The van der Waals surface area contributed by atoms with Crippen molar-refractivity contribution in [3.63, 3.8) is 0 Å². The standard InChI is InChI=1S/C11H12N2O2/c1-7-11(13-12-8(2)14)9-5-3-4-6-10(9)15-7/h3-7H,1-2H3,(H,12,14)/b13-11+. The third kappa shape index (κ3) is 1.83. The van der Waals surface area contributed by atoms with Crippen molar-refractivity contribution in [3.8, 4) is 5.75 Å². The highest BCUT2D eigenvalue weighted by atomic mass is 16.5. The quantitative estimate of drug-likeness (QED) is 0.701. The molecule has 0 spiro atoms. The lowest BCUT2D eigenvalue weighted by Crippen LogP contribution is -2.22. The second-order valence-electron chi connectivity index (χ2n) is 3.42. The fourth-order valence-corrected chi connectivity index (χ4v) is 1.54. The molecule has 0 saturated heterocycles. The van der Waals surface area contributed by atoms with E-state index < -0.39 is 0 Å². The van der Waals surface area contributed by atoms with Gasteiger partial charge in [0.05, 0.1) is 0 Å². The van der Waals surface area contributed by atoms with Gasteiger partial charge in [-0.2, -0.15) is 5.10 Å². The van der Waals surface area contributed by atoms with E-state index in [2.05, 4.69) is 10.5 Å². The number of hydrazone groups is 1. The van der Waals surface area contributed by atoms with Gasteiger partial charge >= 0.3 is 0 Å². The zero-order chi connectivity index (χ0) is 10.8. The number of para-hydroxylation sites is 1. The number of benzene rings is 1. The maximum atomic E-state index is 10.8. The van der Waals surface area contributed by atoms with Crippen LogP contribution in [0.3, 0.4) is 0 Å². The van der Waals surface area contributed by atoms with Crippen molar-refractivity contribution in [2.45, 2.75) is 20.0 Å². The van der Waals surface area contributed by atoms with Crippen LogP contribution in [0.25, 0.3) is 0 Å². The first-order valence-electron chi connectivity index (χ1n) is 4.78. The van der Waals surface area contributed by atoms with Crippen molar-refractivity contribution in [1.29, 1.82) is 0 Å². The Labute approximate surface area is 87.9 Å². The van der Waals surface area contributed by atoms with E-state index in [1.807, 2.05) is 31.2 Å². The summed E-state index contributed by atoms with van der Waals surface area (Å²) in [5, 5.41) is 4.04. The zero-order valence-electron chi connectivity index (χ0n) is 8.65. The van der Waals surface area contributed by atoms with Gasteiger partial charge in [-0.15, -0.1) is 0 Å². The maximum Gasteiger partial charge on any atom is 0.236 e. The lowest BCUT2D eigenvalue weighted by Gasteiger charge is -2.03. The van der Waals surface area contributed by atoms with Crippen molar-refractivity contribution < 1.29 is 9.53 Å². The molecule has 0 aromatic heterocycles. The maximum absolute atomic E-state index is 10.8. The molecule has 1 aliphatic rings. The number of carbonyl (C=O) groups is 1. The molecule has 1 unspecified atom stereocenters. The predicted molar refractivity (Wildman–Crippen MR) is 56.9 cm³/mol. The molecule has 15 heavy (non-hydrogen) atoms. The van der Waals surface area contributed by atoms with Gasteiger partial charge in [-0.3, -0.25) is 4.79 Å². The Morgan fingerprint density at radius 2 is 2.20 bits per heavy atom. The van der Waals surface area contributed by atoms with Crippen LogP contribution < -0.4 is 10.2 Å². The van der Waals surface area contributed by atoms with Gasteiger partial charge in [0.2, 0.25) is 5.91 Å². The molecule has 1 aromatic carbocycles. The van der Waals surface area contributed by atoms with Crippen molar-refractivity contribution in [1.82, 2.24) is 5.43 Å². The van der Waals surface area contributed by atoms with Crippen LogP contribution in [0, 0.1) is 0 Å². The molecule has 1 aliphatic heterocycles. The van der Waals surface area contributed by atoms with Gasteiger partial charge in [-0.25, -0.2) is 5.43 Å². The smallest absolute Gasteiger partial charge is 0.236 e. The summed E-state index contributed by atoms with van der Waals surface area (Å²) < 4.78 is 5.57. The molecule has 4 nitrogen and oxygen atoms in total. The first kappa shape index (κ1) is 9.71. The lowest BCUT2D eigenvalue weighted by molar-refractivity contribution is -0.118. The first-order valence-corrected chi connectivity index (χ1v) is 4.78. The Kier molecular flexibility index (Phi) is 2.41. The average Bonchev–Trinajstić information content (AvgIpc) is 2.50. The summed E-state index contributed by atoms with van der Waals surface area (Å²) in [5.74, 6) is 0.633. The predicted octanol–water partition coefficient (Wildman–Crippen LogP) is 1.31. The summed E-state index contributed by atoms with van der Waals surface area (Å²) >= 11 is 0. The number of carbonyl (C=O) groups excluding carboxylic acids is 1. The third-order valence-electron chi connectivity index (χ3n) is 2.19. The summed E-state index contributed by atoms with van der Waals surface area (Å²) in [7, 11) is 0. The van der Waals surface area contributed by atoms with Crippen molar-refractivity contribution in [3.05, 3.63) is 29.8 Å². The van der Waals surface area contributed by atoms with Crippen molar-refractivity contribution in [2.75, 3.05) is 0 Å². The Hall–Kier alpha value is -1.84. The molecule has 1 heterocycles. The van der Waals surface area contributed by atoms with Crippen LogP contribution in [0.1, 0.15) is 19.4 Å². The Morgan fingerprint density at radius 1 is 1.47 bits per heavy atom. The van der Waals surface area contributed by atoms with Crippen LogP contribution in [0.15, 0.2) is 29.4 Å². The van der Waals surface area contributed by atoms with E-state index in [1.54, 1.807) is 0 Å². The van der Waals surface area contributed by atoms with E-state index in [0.717, 1.165) is 17.0 Å². The molecular weight excluding hydrogens is 192 g/mol. The van der Waals surface area contributed by atoms with Gasteiger partial charge < -0.3 is 4.74 Å². The highest BCUT2D eigenvalue weighted by Gasteiger charge is 2.26. The van der Waals surface area contributed by atoms with Gasteiger partial charge in [0, 0.05) is 12.5 Å². The van der Waals surface area contributed by atoms with Crippen molar-refractivity contribution >= 4 is 11.6 Å². The highest BCUT2D eigenvalue weighted by molar-refractivity contribution is 6.08. The summed E-state index contributed by atoms with van der Waals surface area (Å²) in [4.78, 5) is 10.8. The molecule has 1 amide bonds. The fraction of sp³-hybridized carbons (Fsp3) is 0.273. The molecule has 0 bridgehead atoms. The summed E-state index contributed by atoms with van der Waals surface area (Å²) in [6.45, 7) is 3.33. The number of ether oxygens (including phenoxy) is 1. The zero-order valence-corrected chi connectivity index (χ0v) is 8.65. The normalized spacial score (nSPS) is 20.9. The summed E-state index contributed by atoms with van der Waals surface area (Å²) in [5.41, 5.74) is 4.14. The summed E-state index contributed by atoms with van der Waals surface area (Å²) in [6, 6.07) is 7.65. The SMILES string of the molecule is CC(=O)N/N=C1/c2ccccc2OC1C. The largest absolute Gasteiger partial charge is 0.484 e. The molecule has 2 rings (SSSR count). The summed E-state index contributed by atoms with van der Waals surface area (Å²) in [6.07, 6.45) is -0.116. The van der Waals surface area contributed by atoms with Crippen LogP contribution in [0.2, 0.25) is 0 Å². The molecule has 0 aliphatic carbocycles. The van der Waals surface area contributed by atoms with E-state index in [0.29, 0.717) is 0 Å². The second kappa shape index (κ2) is 3.73. The minimum atomic E-state index is -0.181. The third-order valence-corrected chi connectivity index (χ3v) is 2.19. The monoisotopic (exact) mass is 204 g/mol. The number of nitrogens with zero attached hydrogens (tertiary/aromatic N) is 1. The van der Waals surface area contributed by atoms with Gasteiger partial charge in [-0.05, 0) is 19.1 Å². The Bertz CT molecular complexity index is 426. The number of hydrogen-bond acceptors (Lipinski definition) is 3. The van der Waals surface area contributed by atoms with Crippen LogP contribution in [0.4, 0.5) is 0 Å². The van der Waals surface area contributed by atoms with Gasteiger partial charge in [-0.1, -0.05) is 12.1 Å². The van der Waals surface area contributed by atoms with Gasteiger partial charge in [0.15, 0.2) is 0 Å². The second-order valence-corrected chi connectivity index (χ2v) is 3.42. The van der Waals surface area contributed by atoms with E-state index >= 15 is 0 Å². The van der Waals surface area contributed by atoms with E-state index in [1.165, 1.54) is 6.92 Å². The van der Waals surface area contributed by atoms with E-state index in [9.17, 15) is 4.79 Å². The molecule has 0 radical (unpaired) electrons. The Morgan fingerprint density at radius 3 is 2.93 bits per heavy atom. The molecular formula is C11H12N2O2. The van der Waals surface area contributed by atoms with Crippen LogP contribution in [-0.2, 0) is 4.79 Å². The van der Waals surface area contributed by atoms with Gasteiger partial charge in [0.1, 0.15) is 17.6 Å². The Balaban J connectivity index is 2.33. The molecule has 1 N–H and O–H groups in total. The van der Waals surface area contributed by atoms with Crippen LogP contribution in [-0.4, -0.2) is 17.7 Å². The number of hydrogen-bond donors (Lipinski definition) is 1. The molecule has 1 atom stereocenters. The number of rotatable bonds is 1. The van der Waals surface area contributed by atoms with E-state index in [-0.39, 0.29) is 12.0 Å². The molecule has 4 heteroatoms. The van der Waals surface area contributed by atoms with Crippen molar-refractivity contribution in [2.24, 2.45) is 5.10 Å². The lowest BCUT2D eigenvalue weighted by atomic mass is 10.1. The molecule has 78 valence electrons. The van der Waals surface area contributed by atoms with E-state index in [4.69, 9.17) is 4.74 Å². The number of nitrogens with one attached hydrogen (secondary N) is 1. The highest BCUT2D eigenvalue weighted by Crippen LogP contribution is 2.28. The number of fused-ring (bicyclic) bond motifs is 1. The minimum Gasteiger partial charge on any atom is -0.484 e.